The minimum absolute atomic E-state index is 0.112. The van der Waals surface area contributed by atoms with Gasteiger partial charge in [0, 0.05) is 10.6 Å². The van der Waals surface area contributed by atoms with E-state index in [1.165, 1.54) is 0 Å². The quantitative estimate of drug-likeness (QED) is 0.382. The summed E-state index contributed by atoms with van der Waals surface area (Å²) < 4.78 is 12.1. The van der Waals surface area contributed by atoms with E-state index >= 15 is 0 Å². The van der Waals surface area contributed by atoms with Crippen LogP contribution in [-0.4, -0.2) is 14.9 Å². The van der Waals surface area contributed by atoms with E-state index in [1.54, 1.807) is 12.1 Å². The van der Waals surface area contributed by atoms with E-state index < -0.39 is 8.32 Å². The average molecular weight is 337 g/mol. The van der Waals surface area contributed by atoms with Gasteiger partial charge in [-0.1, -0.05) is 50.4 Å². The summed E-state index contributed by atoms with van der Waals surface area (Å²) in [6.45, 7) is 15.1. The molecule has 1 unspecified atom stereocenters. The number of hydrogen-bond donors (Lipinski definition) is 0. The largest absolute Gasteiger partial charge is 0.481 e. The molecular formula is C18H25ClO2Si. The highest BCUT2D eigenvalue weighted by molar-refractivity contribution is 6.74. The second-order valence-electron chi connectivity index (χ2n) is 6.71. The van der Waals surface area contributed by atoms with E-state index in [1.807, 2.05) is 12.1 Å². The van der Waals surface area contributed by atoms with Gasteiger partial charge in [-0.3, -0.25) is 0 Å². The van der Waals surface area contributed by atoms with Gasteiger partial charge in [0.2, 0.25) is 0 Å². The Morgan fingerprint density at radius 3 is 2.55 bits per heavy atom. The van der Waals surface area contributed by atoms with Gasteiger partial charge >= 0.3 is 0 Å². The maximum Gasteiger partial charge on any atom is 0.193 e. The molecule has 0 amide bonds. The third-order valence-electron chi connectivity index (χ3n) is 4.03. The van der Waals surface area contributed by atoms with Gasteiger partial charge in [-0.25, -0.2) is 0 Å². The highest BCUT2D eigenvalue weighted by Gasteiger charge is 2.39. The molecule has 0 aliphatic carbocycles. The molecule has 0 saturated heterocycles. The second-order valence-corrected chi connectivity index (χ2v) is 11.9. The number of benzene rings is 1. The SMILES string of the molecule is C#CCOc1cc(Cl)ccc1C(C=C)O[Si](C)(C)C(C)(C)C. The normalized spacial score (nSPS) is 13.3. The molecule has 0 radical (unpaired) electrons. The molecule has 1 aromatic carbocycles. The van der Waals surface area contributed by atoms with Crippen LogP contribution in [0.5, 0.6) is 5.75 Å². The summed E-state index contributed by atoms with van der Waals surface area (Å²) in [6.07, 6.45) is 6.83. The first-order valence-electron chi connectivity index (χ1n) is 7.28. The zero-order valence-electron chi connectivity index (χ0n) is 14.1. The molecule has 1 aromatic rings. The lowest BCUT2D eigenvalue weighted by molar-refractivity contribution is 0.223. The van der Waals surface area contributed by atoms with E-state index in [0.29, 0.717) is 10.8 Å². The smallest absolute Gasteiger partial charge is 0.193 e. The van der Waals surface area contributed by atoms with Crippen molar-refractivity contribution in [2.24, 2.45) is 0 Å². The third-order valence-corrected chi connectivity index (χ3v) is 8.73. The summed E-state index contributed by atoms with van der Waals surface area (Å²) in [7, 11) is -1.94. The molecule has 1 atom stereocenters. The molecule has 22 heavy (non-hydrogen) atoms. The fourth-order valence-electron chi connectivity index (χ4n) is 1.72. The van der Waals surface area contributed by atoms with Crippen molar-refractivity contribution in [2.75, 3.05) is 6.61 Å². The lowest BCUT2D eigenvalue weighted by Crippen LogP contribution is -2.41. The van der Waals surface area contributed by atoms with Crippen molar-refractivity contribution in [3.05, 3.63) is 41.4 Å². The van der Waals surface area contributed by atoms with Crippen molar-refractivity contribution in [3.63, 3.8) is 0 Å². The van der Waals surface area contributed by atoms with Crippen LogP contribution < -0.4 is 4.74 Å². The van der Waals surface area contributed by atoms with Gasteiger partial charge in [0.05, 0.1) is 6.10 Å². The number of rotatable bonds is 6. The number of halogens is 1. The first-order valence-corrected chi connectivity index (χ1v) is 10.6. The van der Waals surface area contributed by atoms with Gasteiger partial charge < -0.3 is 9.16 Å². The minimum atomic E-state index is -1.94. The lowest BCUT2D eigenvalue weighted by atomic mass is 10.1. The van der Waals surface area contributed by atoms with Crippen LogP contribution >= 0.6 is 11.6 Å². The molecule has 0 N–H and O–H groups in total. The van der Waals surface area contributed by atoms with Crippen molar-refractivity contribution in [1.29, 1.82) is 0 Å². The Bertz CT molecular complexity index is 567. The predicted molar refractivity (Wildman–Crippen MR) is 97.0 cm³/mol. The van der Waals surface area contributed by atoms with Crippen molar-refractivity contribution in [1.82, 2.24) is 0 Å². The van der Waals surface area contributed by atoms with Gasteiger partial charge in [0.25, 0.3) is 0 Å². The van der Waals surface area contributed by atoms with E-state index in [2.05, 4.69) is 46.4 Å². The molecule has 4 heteroatoms. The van der Waals surface area contributed by atoms with Gasteiger partial charge in [0.1, 0.15) is 12.4 Å². The molecule has 0 bridgehead atoms. The minimum Gasteiger partial charge on any atom is -0.481 e. The van der Waals surface area contributed by atoms with Gasteiger partial charge in [-0.2, -0.15) is 0 Å². The Labute approximate surface area is 140 Å². The number of hydrogen-bond acceptors (Lipinski definition) is 2. The molecule has 2 nitrogen and oxygen atoms in total. The standard InChI is InChI=1S/C18H25ClO2Si/c1-8-12-20-17-13-14(19)10-11-15(17)16(9-2)21-22(6,7)18(3,4)5/h1,9-11,13,16H,2,12H2,3-7H3. The summed E-state index contributed by atoms with van der Waals surface area (Å²) in [5, 5.41) is 0.714. The zero-order valence-corrected chi connectivity index (χ0v) is 15.8. The van der Waals surface area contributed by atoms with E-state index in [-0.39, 0.29) is 17.7 Å². The second kappa shape index (κ2) is 7.37. The maximum absolute atomic E-state index is 6.44. The first kappa shape index (κ1) is 18.8. The van der Waals surface area contributed by atoms with Gasteiger partial charge in [-0.05, 0) is 30.3 Å². The van der Waals surface area contributed by atoms with E-state index in [0.717, 1.165) is 5.56 Å². The summed E-state index contributed by atoms with van der Waals surface area (Å²) in [5.74, 6) is 3.12. The Balaban J connectivity index is 3.15. The average Bonchev–Trinajstić information content (AvgIpc) is 2.41. The van der Waals surface area contributed by atoms with Crippen LogP contribution in [0.3, 0.4) is 0 Å². The fraction of sp³-hybridized carbons (Fsp3) is 0.444. The molecule has 0 aliphatic heterocycles. The Hall–Kier alpha value is -1.21. The lowest BCUT2D eigenvalue weighted by Gasteiger charge is -2.38. The third kappa shape index (κ3) is 4.64. The molecule has 0 aliphatic rings. The summed E-state index contributed by atoms with van der Waals surface area (Å²) >= 11 is 6.06. The molecule has 120 valence electrons. The predicted octanol–water partition coefficient (Wildman–Crippen LogP) is 5.60. The summed E-state index contributed by atoms with van der Waals surface area (Å²) in [6, 6.07) is 5.50. The van der Waals surface area contributed by atoms with Crippen LogP contribution in [0.4, 0.5) is 0 Å². The van der Waals surface area contributed by atoms with Gasteiger partial charge in [0.15, 0.2) is 8.32 Å². The topological polar surface area (TPSA) is 18.5 Å². The maximum atomic E-state index is 6.44. The molecule has 0 aromatic heterocycles. The fourth-order valence-corrected chi connectivity index (χ4v) is 3.09. The van der Waals surface area contributed by atoms with Crippen LogP contribution in [0.1, 0.15) is 32.4 Å². The monoisotopic (exact) mass is 336 g/mol. The number of terminal acetylenes is 1. The van der Waals surface area contributed by atoms with E-state index in [9.17, 15) is 0 Å². The van der Waals surface area contributed by atoms with Gasteiger partial charge in [-0.15, -0.1) is 13.0 Å². The first-order chi connectivity index (χ1) is 10.1. The highest BCUT2D eigenvalue weighted by Crippen LogP contribution is 2.41. The molecule has 0 heterocycles. The van der Waals surface area contributed by atoms with Crippen LogP contribution in [0.2, 0.25) is 23.2 Å². The van der Waals surface area contributed by atoms with Crippen molar-refractivity contribution < 1.29 is 9.16 Å². The van der Waals surface area contributed by atoms with Crippen LogP contribution in [-0.2, 0) is 4.43 Å². The summed E-state index contributed by atoms with van der Waals surface area (Å²) in [5.41, 5.74) is 0.902. The molecule has 1 rings (SSSR count). The Kier molecular flexibility index (Phi) is 6.31. The molecule has 0 saturated carbocycles. The van der Waals surface area contributed by atoms with Crippen molar-refractivity contribution >= 4 is 19.9 Å². The highest BCUT2D eigenvalue weighted by atomic mass is 35.5. The van der Waals surface area contributed by atoms with Crippen molar-refractivity contribution in [3.8, 4) is 18.1 Å². The number of ether oxygens (including phenoxy) is 1. The molecular weight excluding hydrogens is 312 g/mol. The van der Waals surface area contributed by atoms with E-state index in [4.69, 9.17) is 27.2 Å². The van der Waals surface area contributed by atoms with Crippen LogP contribution in [0.25, 0.3) is 0 Å². The molecule has 0 fully saturated rings. The Morgan fingerprint density at radius 2 is 2.05 bits per heavy atom. The zero-order chi connectivity index (χ0) is 17.0. The van der Waals surface area contributed by atoms with Crippen LogP contribution in [0.15, 0.2) is 30.9 Å². The van der Waals surface area contributed by atoms with Crippen LogP contribution in [0, 0.1) is 12.3 Å². The molecule has 0 spiro atoms. The summed E-state index contributed by atoms with van der Waals surface area (Å²) in [4.78, 5) is 0. The Morgan fingerprint density at radius 1 is 1.41 bits per heavy atom. The van der Waals surface area contributed by atoms with Crippen molar-refractivity contribution in [2.45, 2.75) is 45.0 Å².